The fourth-order valence-corrected chi connectivity index (χ4v) is 1.82. The van der Waals surface area contributed by atoms with E-state index in [1.54, 1.807) is 18.2 Å². The predicted octanol–water partition coefficient (Wildman–Crippen LogP) is 2.47. The Balaban J connectivity index is 2.66. The maximum absolute atomic E-state index is 11.9. The number of ether oxygens (including phenoxy) is 1. The van der Waals surface area contributed by atoms with E-state index < -0.39 is 5.60 Å². The van der Waals surface area contributed by atoms with E-state index in [2.05, 4.69) is 5.32 Å². The van der Waals surface area contributed by atoms with E-state index in [9.17, 15) is 4.79 Å². The Labute approximate surface area is 112 Å². The summed E-state index contributed by atoms with van der Waals surface area (Å²) in [5, 5.41) is 3.14. The van der Waals surface area contributed by atoms with Crippen LogP contribution in [0.2, 0.25) is 5.02 Å². The first-order valence-electron chi connectivity index (χ1n) is 5.83. The summed E-state index contributed by atoms with van der Waals surface area (Å²) in [5.74, 6) is -0.229. The zero-order valence-electron chi connectivity index (χ0n) is 10.9. The van der Waals surface area contributed by atoms with Crippen molar-refractivity contribution in [3.05, 3.63) is 28.8 Å². The first-order chi connectivity index (χ1) is 8.35. The molecule has 0 spiro atoms. The lowest BCUT2D eigenvalue weighted by Gasteiger charge is -2.25. The maximum Gasteiger partial charge on any atom is 0.252 e. The fourth-order valence-electron chi connectivity index (χ4n) is 1.55. The average molecular weight is 271 g/mol. The van der Waals surface area contributed by atoms with Gasteiger partial charge in [0.05, 0.1) is 16.2 Å². The second-order valence-electron chi connectivity index (χ2n) is 4.61. The topological polar surface area (TPSA) is 64.3 Å². The van der Waals surface area contributed by atoms with E-state index in [0.717, 1.165) is 0 Å². The lowest BCUT2D eigenvalue weighted by atomic mass is 10.1. The predicted molar refractivity (Wildman–Crippen MR) is 73.9 cm³/mol. The van der Waals surface area contributed by atoms with E-state index in [0.29, 0.717) is 29.4 Å². The van der Waals surface area contributed by atoms with Gasteiger partial charge in [0.2, 0.25) is 0 Å². The van der Waals surface area contributed by atoms with Gasteiger partial charge in [-0.15, -0.1) is 0 Å². The van der Waals surface area contributed by atoms with Gasteiger partial charge in [0, 0.05) is 18.8 Å². The van der Waals surface area contributed by atoms with Crippen LogP contribution in [0.5, 0.6) is 0 Å². The molecule has 3 N–H and O–H groups in total. The quantitative estimate of drug-likeness (QED) is 0.808. The number of hydrogen-bond donors (Lipinski definition) is 2. The zero-order valence-corrected chi connectivity index (χ0v) is 11.7. The number of nitrogen functional groups attached to an aromatic ring is 1. The highest BCUT2D eigenvalue weighted by Crippen LogP contribution is 2.19. The highest BCUT2D eigenvalue weighted by Gasteiger charge is 2.19. The number of anilines is 1. The molecular formula is C13H19ClN2O2. The van der Waals surface area contributed by atoms with E-state index in [1.807, 2.05) is 20.8 Å². The largest absolute Gasteiger partial charge is 0.399 e. The van der Waals surface area contributed by atoms with Gasteiger partial charge in [0.15, 0.2) is 0 Å². The van der Waals surface area contributed by atoms with Gasteiger partial charge in [-0.25, -0.2) is 0 Å². The molecule has 0 fully saturated rings. The molecule has 5 heteroatoms. The fraction of sp³-hybridized carbons (Fsp3) is 0.462. The summed E-state index contributed by atoms with van der Waals surface area (Å²) in [6, 6.07) is 4.82. The molecule has 1 aromatic rings. The number of nitrogens with one attached hydrogen (secondary N) is 1. The molecule has 0 heterocycles. The van der Waals surface area contributed by atoms with E-state index in [1.165, 1.54) is 0 Å². The zero-order chi connectivity index (χ0) is 13.8. The monoisotopic (exact) mass is 270 g/mol. The Morgan fingerprint density at radius 1 is 1.50 bits per heavy atom. The first-order valence-corrected chi connectivity index (χ1v) is 6.20. The molecule has 18 heavy (non-hydrogen) atoms. The van der Waals surface area contributed by atoms with Gasteiger partial charge in [0.25, 0.3) is 5.91 Å². The molecule has 0 aliphatic carbocycles. The number of carbonyl (C=O) groups excluding carboxylic acids is 1. The maximum atomic E-state index is 11.9. The minimum absolute atomic E-state index is 0.229. The summed E-state index contributed by atoms with van der Waals surface area (Å²) >= 11 is 5.96. The van der Waals surface area contributed by atoms with Gasteiger partial charge in [0.1, 0.15) is 0 Å². The Hall–Kier alpha value is -1.26. The molecule has 1 rings (SSSR count). The van der Waals surface area contributed by atoms with Gasteiger partial charge < -0.3 is 15.8 Å². The average Bonchev–Trinajstić information content (AvgIpc) is 2.26. The number of carbonyl (C=O) groups is 1. The number of nitrogens with two attached hydrogens (primary N) is 1. The van der Waals surface area contributed by atoms with Gasteiger partial charge in [-0.3, -0.25) is 4.79 Å². The number of amides is 1. The van der Waals surface area contributed by atoms with Crippen molar-refractivity contribution in [1.29, 1.82) is 0 Å². The number of benzene rings is 1. The van der Waals surface area contributed by atoms with Crippen molar-refractivity contribution in [2.45, 2.75) is 26.4 Å². The van der Waals surface area contributed by atoms with E-state index in [4.69, 9.17) is 22.1 Å². The van der Waals surface area contributed by atoms with Crippen molar-refractivity contribution in [2.24, 2.45) is 0 Å². The number of rotatable bonds is 5. The third-order valence-electron chi connectivity index (χ3n) is 2.45. The lowest BCUT2D eigenvalue weighted by molar-refractivity contribution is -0.00815. The molecule has 0 aromatic heterocycles. The molecular weight excluding hydrogens is 252 g/mol. The van der Waals surface area contributed by atoms with Crippen molar-refractivity contribution < 1.29 is 9.53 Å². The van der Waals surface area contributed by atoms with Crippen LogP contribution in [0.4, 0.5) is 5.69 Å². The van der Waals surface area contributed by atoms with Gasteiger partial charge in [-0.2, -0.15) is 0 Å². The van der Waals surface area contributed by atoms with Crippen molar-refractivity contribution in [3.8, 4) is 0 Å². The molecule has 4 nitrogen and oxygen atoms in total. The van der Waals surface area contributed by atoms with Crippen LogP contribution >= 0.6 is 11.6 Å². The Bertz CT molecular complexity index is 433. The van der Waals surface area contributed by atoms with Crippen LogP contribution in [-0.2, 0) is 4.74 Å². The molecule has 0 saturated carbocycles. The number of halogens is 1. The summed E-state index contributed by atoms with van der Waals surface area (Å²) < 4.78 is 5.50. The van der Waals surface area contributed by atoms with Crippen LogP contribution < -0.4 is 11.1 Å². The molecule has 0 bridgehead atoms. The molecule has 1 aromatic carbocycles. The Kier molecular flexibility index (Phi) is 4.99. The lowest BCUT2D eigenvalue weighted by Crippen LogP contribution is -2.40. The standard InChI is InChI=1S/C13H19ClN2O2/c1-4-18-13(2,3)8-16-12(17)10-6-5-9(15)7-11(10)14/h5-7H,4,8,15H2,1-3H3,(H,16,17). The molecule has 0 atom stereocenters. The first kappa shape index (κ1) is 14.8. The summed E-state index contributed by atoms with van der Waals surface area (Å²) in [6.45, 7) is 6.77. The summed E-state index contributed by atoms with van der Waals surface area (Å²) in [4.78, 5) is 11.9. The van der Waals surface area contributed by atoms with Crippen LogP contribution in [0.15, 0.2) is 18.2 Å². The molecule has 0 radical (unpaired) electrons. The second-order valence-corrected chi connectivity index (χ2v) is 5.02. The summed E-state index contributed by atoms with van der Waals surface area (Å²) in [7, 11) is 0. The Morgan fingerprint density at radius 3 is 2.72 bits per heavy atom. The van der Waals surface area contributed by atoms with Crippen molar-refractivity contribution in [3.63, 3.8) is 0 Å². The van der Waals surface area contributed by atoms with Crippen molar-refractivity contribution in [1.82, 2.24) is 5.32 Å². The molecule has 0 unspecified atom stereocenters. The third-order valence-corrected chi connectivity index (χ3v) is 2.76. The van der Waals surface area contributed by atoms with Crippen LogP contribution in [-0.4, -0.2) is 24.7 Å². The highest BCUT2D eigenvalue weighted by molar-refractivity contribution is 6.34. The Morgan fingerprint density at radius 2 is 2.17 bits per heavy atom. The number of hydrogen-bond acceptors (Lipinski definition) is 3. The smallest absolute Gasteiger partial charge is 0.252 e. The molecule has 100 valence electrons. The molecule has 0 saturated heterocycles. The summed E-state index contributed by atoms with van der Waals surface area (Å²) in [6.07, 6.45) is 0. The van der Waals surface area contributed by atoms with Crippen molar-refractivity contribution in [2.75, 3.05) is 18.9 Å². The third kappa shape index (κ3) is 4.20. The molecule has 0 aliphatic rings. The normalized spacial score (nSPS) is 11.3. The molecule has 1 amide bonds. The minimum Gasteiger partial charge on any atom is -0.399 e. The SMILES string of the molecule is CCOC(C)(C)CNC(=O)c1ccc(N)cc1Cl. The van der Waals surface area contributed by atoms with Gasteiger partial charge in [-0.05, 0) is 39.0 Å². The van der Waals surface area contributed by atoms with Crippen LogP contribution in [0.25, 0.3) is 0 Å². The van der Waals surface area contributed by atoms with E-state index in [-0.39, 0.29) is 5.91 Å². The highest BCUT2D eigenvalue weighted by atomic mass is 35.5. The van der Waals surface area contributed by atoms with Crippen LogP contribution in [0.3, 0.4) is 0 Å². The summed E-state index contributed by atoms with van der Waals surface area (Å²) in [5.41, 5.74) is 6.12. The minimum atomic E-state index is -0.398. The van der Waals surface area contributed by atoms with Crippen molar-refractivity contribution >= 4 is 23.2 Å². The molecule has 0 aliphatic heterocycles. The second kappa shape index (κ2) is 6.07. The van der Waals surface area contributed by atoms with E-state index >= 15 is 0 Å². The van der Waals surface area contributed by atoms with Crippen LogP contribution in [0, 0.1) is 0 Å². The van der Waals surface area contributed by atoms with Gasteiger partial charge >= 0.3 is 0 Å². The van der Waals surface area contributed by atoms with Gasteiger partial charge in [-0.1, -0.05) is 11.6 Å². The van der Waals surface area contributed by atoms with Crippen LogP contribution in [0.1, 0.15) is 31.1 Å².